The molecule has 0 aliphatic heterocycles. The van der Waals surface area contributed by atoms with Crippen LogP contribution in [0.25, 0.3) is 10.9 Å². The first-order valence-electron chi connectivity index (χ1n) is 8.20. The molecular weight excluding hydrogens is 329 g/mol. The van der Waals surface area contributed by atoms with E-state index in [1.54, 1.807) is 24.5 Å². The van der Waals surface area contributed by atoms with Crippen LogP contribution in [0.1, 0.15) is 5.56 Å². The molecule has 128 valence electrons. The Morgan fingerprint density at radius 2 is 1.69 bits per heavy atom. The van der Waals surface area contributed by atoms with Crippen molar-refractivity contribution < 1.29 is 4.39 Å². The lowest BCUT2D eigenvalue weighted by atomic mass is 10.2. The fourth-order valence-electron chi connectivity index (χ4n) is 2.59. The van der Waals surface area contributed by atoms with Crippen molar-refractivity contribution >= 4 is 28.4 Å². The zero-order valence-corrected chi connectivity index (χ0v) is 13.9. The van der Waals surface area contributed by atoms with E-state index in [1.807, 2.05) is 36.4 Å². The number of hydrogen-bond acceptors (Lipinski definition) is 5. The summed E-state index contributed by atoms with van der Waals surface area (Å²) in [4.78, 5) is 13.3. The Labute approximate surface area is 150 Å². The van der Waals surface area contributed by atoms with Crippen molar-refractivity contribution in [2.45, 2.75) is 6.54 Å². The third kappa shape index (κ3) is 3.59. The lowest BCUT2D eigenvalue weighted by Crippen LogP contribution is -2.04. The Kier molecular flexibility index (Phi) is 4.38. The number of hydrogen-bond donors (Lipinski definition) is 2. The molecule has 0 atom stereocenters. The first-order chi connectivity index (χ1) is 12.8. The third-order valence-electron chi connectivity index (χ3n) is 3.91. The highest BCUT2D eigenvalue weighted by Gasteiger charge is 2.06. The van der Waals surface area contributed by atoms with E-state index in [2.05, 4.69) is 25.6 Å². The molecule has 0 saturated heterocycles. The predicted molar refractivity (Wildman–Crippen MR) is 101 cm³/mol. The highest BCUT2D eigenvalue weighted by Crippen LogP contribution is 2.23. The van der Waals surface area contributed by atoms with Gasteiger partial charge in [0.2, 0.25) is 5.95 Å². The molecule has 0 spiro atoms. The van der Waals surface area contributed by atoms with Crippen LogP contribution in [0.3, 0.4) is 0 Å². The summed E-state index contributed by atoms with van der Waals surface area (Å²) in [5, 5.41) is 7.19. The van der Waals surface area contributed by atoms with Crippen LogP contribution in [-0.4, -0.2) is 15.0 Å². The van der Waals surface area contributed by atoms with Gasteiger partial charge in [-0.05, 0) is 35.9 Å². The summed E-state index contributed by atoms with van der Waals surface area (Å²) in [5.41, 5.74) is 2.68. The van der Waals surface area contributed by atoms with Gasteiger partial charge in [0, 0.05) is 24.6 Å². The summed E-state index contributed by atoms with van der Waals surface area (Å²) in [6.45, 7) is 0.651. The van der Waals surface area contributed by atoms with Gasteiger partial charge in [0.15, 0.2) is 0 Å². The van der Waals surface area contributed by atoms with Crippen LogP contribution in [0.2, 0.25) is 0 Å². The molecule has 5 nitrogen and oxygen atoms in total. The number of pyridine rings is 1. The van der Waals surface area contributed by atoms with Crippen molar-refractivity contribution in [2.75, 3.05) is 10.6 Å². The van der Waals surface area contributed by atoms with Gasteiger partial charge in [0.05, 0.1) is 10.9 Å². The van der Waals surface area contributed by atoms with E-state index in [-0.39, 0.29) is 5.82 Å². The Hall–Kier alpha value is -3.54. The van der Waals surface area contributed by atoms with E-state index >= 15 is 0 Å². The van der Waals surface area contributed by atoms with E-state index in [4.69, 9.17) is 0 Å². The number of benzene rings is 2. The Morgan fingerprint density at radius 3 is 2.50 bits per heavy atom. The summed E-state index contributed by atoms with van der Waals surface area (Å²) in [6, 6.07) is 18.0. The van der Waals surface area contributed by atoms with Gasteiger partial charge in [-0.3, -0.25) is 0 Å². The van der Waals surface area contributed by atoms with E-state index < -0.39 is 0 Å². The smallest absolute Gasteiger partial charge is 0.223 e. The Morgan fingerprint density at radius 1 is 0.885 bits per heavy atom. The second kappa shape index (κ2) is 7.14. The van der Waals surface area contributed by atoms with Crippen LogP contribution in [-0.2, 0) is 6.54 Å². The molecule has 26 heavy (non-hydrogen) atoms. The van der Waals surface area contributed by atoms with Crippen molar-refractivity contribution in [3.05, 3.63) is 84.4 Å². The third-order valence-corrected chi connectivity index (χ3v) is 3.91. The average molecular weight is 345 g/mol. The second-order valence-electron chi connectivity index (χ2n) is 5.76. The molecule has 2 heterocycles. The van der Waals surface area contributed by atoms with E-state index in [1.165, 1.54) is 12.1 Å². The molecule has 4 rings (SSSR count). The van der Waals surface area contributed by atoms with Gasteiger partial charge >= 0.3 is 0 Å². The van der Waals surface area contributed by atoms with Crippen molar-refractivity contribution in [2.24, 2.45) is 0 Å². The van der Waals surface area contributed by atoms with Crippen LogP contribution in [0.15, 0.2) is 73.1 Å². The minimum atomic E-state index is -0.279. The van der Waals surface area contributed by atoms with Crippen molar-refractivity contribution in [1.82, 2.24) is 15.0 Å². The van der Waals surface area contributed by atoms with Crippen LogP contribution < -0.4 is 10.6 Å². The van der Waals surface area contributed by atoms with E-state index in [9.17, 15) is 4.39 Å². The van der Waals surface area contributed by atoms with Crippen molar-refractivity contribution in [3.8, 4) is 0 Å². The summed E-state index contributed by atoms with van der Waals surface area (Å²) >= 11 is 0. The summed E-state index contributed by atoms with van der Waals surface area (Å²) in [5.74, 6) is 0.905. The average Bonchev–Trinajstić information content (AvgIpc) is 2.69. The molecule has 0 aliphatic rings. The fourth-order valence-corrected chi connectivity index (χ4v) is 2.59. The quantitative estimate of drug-likeness (QED) is 0.557. The highest BCUT2D eigenvalue weighted by molar-refractivity contribution is 5.90. The zero-order chi connectivity index (χ0) is 17.8. The molecule has 0 bridgehead atoms. The van der Waals surface area contributed by atoms with E-state index in [0.717, 1.165) is 22.2 Å². The van der Waals surface area contributed by atoms with Gasteiger partial charge in [-0.1, -0.05) is 30.3 Å². The minimum Gasteiger partial charge on any atom is -0.350 e. The monoisotopic (exact) mass is 345 g/mol. The first-order valence-corrected chi connectivity index (χ1v) is 8.20. The SMILES string of the molecule is Fc1ccc(Nc2nccc3nc(NCc4ccccc4)ncc23)cc1. The summed E-state index contributed by atoms with van der Waals surface area (Å²) in [6.07, 6.45) is 3.41. The van der Waals surface area contributed by atoms with Gasteiger partial charge < -0.3 is 10.6 Å². The molecule has 2 aromatic carbocycles. The van der Waals surface area contributed by atoms with Gasteiger partial charge in [0.25, 0.3) is 0 Å². The molecule has 0 amide bonds. The maximum atomic E-state index is 13.0. The molecule has 0 radical (unpaired) electrons. The molecule has 0 fully saturated rings. The van der Waals surface area contributed by atoms with Crippen molar-refractivity contribution in [1.29, 1.82) is 0 Å². The molecule has 0 unspecified atom stereocenters. The minimum absolute atomic E-state index is 0.279. The van der Waals surface area contributed by atoms with Crippen LogP contribution in [0.4, 0.5) is 21.8 Å². The standard InChI is InChI=1S/C20H16FN5/c21-15-6-8-16(9-7-15)25-19-17-13-24-20(26-18(17)10-11-22-19)23-12-14-4-2-1-3-5-14/h1-11,13H,12H2,(H,22,25)(H,23,24,26). The lowest BCUT2D eigenvalue weighted by Gasteiger charge is -2.10. The van der Waals surface area contributed by atoms with Gasteiger partial charge in [-0.15, -0.1) is 0 Å². The molecular formula is C20H16FN5. The Bertz CT molecular complexity index is 1020. The van der Waals surface area contributed by atoms with E-state index in [0.29, 0.717) is 18.3 Å². The largest absolute Gasteiger partial charge is 0.350 e. The number of aromatic nitrogens is 3. The number of nitrogens with one attached hydrogen (secondary N) is 2. The zero-order valence-electron chi connectivity index (χ0n) is 13.9. The van der Waals surface area contributed by atoms with Gasteiger partial charge in [-0.2, -0.15) is 0 Å². The maximum absolute atomic E-state index is 13.0. The normalized spacial score (nSPS) is 10.7. The fraction of sp³-hybridized carbons (Fsp3) is 0.0500. The first kappa shape index (κ1) is 16.0. The predicted octanol–water partition coefficient (Wildman–Crippen LogP) is 4.52. The molecule has 4 aromatic rings. The van der Waals surface area contributed by atoms with Crippen LogP contribution in [0, 0.1) is 5.82 Å². The van der Waals surface area contributed by atoms with Crippen molar-refractivity contribution in [3.63, 3.8) is 0 Å². The molecule has 6 heteroatoms. The molecule has 2 N–H and O–H groups in total. The maximum Gasteiger partial charge on any atom is 0.223 e. The van der Waals surface area contributed by atoms with Crippen LogP contribution in [0.5, 0.6) is 0 Å². The highest BCUT2D eigenvalue weighted by atomic mass is 19.1. The summed E-state index contributed by atoms with van der Waals surface area (Å²) < 4.78 is 13.0. The number of rotatable bonds is 5. The van der Waals surface area contributed by atoms with Gasteiger partial charge in [0.1, 0.15) is 11.6 Å². The molecule has 0 aliphatic carbocycles. The topological polar surface area (TPSA) is 62.7 Å². The summed E-state index contributed by atoms with van der Waals surface area (Å²) in [7, 11) is 0. The number of halogens is 1. The number of fused-ring (bicyclic) bond motifs is 1. The second-order valence-corrected chi connectivity index (χ2v) is 5.76. The molecule has 2 aromatic heterocycles. The Balaban J connectivity index is 1.56. The van der Waals surface area contributed by atoms with Gasteiger partial charge in [-0.25, -0.2) is 19.3 Å². The molecule has 0 saturated carbocycles. The van der Waals surface area contributed by atoms with Crippen LogP contribution >= 0.6 is 0 Å². The number of anilines is 3. The lowest BCUT2D eigenvalue weighted by molar-refractivity contribution is 0.628. The number of nitrogens with zero attached hydrogens (tertiary/aromatic N) is 3.